The lowest BCUT2D eigenvalue weighted by molar-refractivity contribution is -0.137. The third-order valence-corrected chi connectivity index (χ3v) is 3.48. The van der Waals surface area contributed by atoms with Gasteiger partial charge < -0.3 is 14.8 Å². The summed E-state index contributed by atoms with van der Waals surface area (Å²) in [5.74, 6) is -0.0275. The molecule has 138 valence electrons. The number of carbonyl (C=O) groups excluding carboxylic acids is 2. The molecular formula is C18H16F3NO4. The minimum atomic E-state index is -4.45. The van der Waals surface area contributed by atoms with E-state index in [1.807, 2.05) is 0 Å². The quantitative estimate of drug-likeness (QED) is 0.786. The first-order chi connectivity index (χ1) is 12.2. The summed E-state index contributed by atoms with van der Waals surface area (Å²) in [6.07, 6.45) is -4.80. The molecule has 26 heavy (non-hydrogen) atoms. The van der Waals surface area contributed by atoms with Gasteiger partial charge in [0.15, 0.2) is 17.6 Å². The Morgan fingerprint density at radius 3 is 2.31 bits per heavy atom. The van der Waals surface area contributed by atoms with E-state index in [2.05, 4.69) is 5.32 Å². The lowest BCUT2D eigenvalue weighted by Gasteiger charge is -2.17. The number of amides is 1. The van der Waals surface area contributed by atoms with Crippen LogP contribution in [0.15, 0.2) is 42.5 Å². The van der Waals surface area contributed by atoms with E-state index < -0.39 is 23.8 Å². The van der Waals surface area contributed by atoms with Gasteiger partial charge in [0.2, 0.25) is 0 Å². The van der Waals surface area contributed by atoms with Crippen LogP contribution >= 0.6 is 0 Å². The van der Waals surface area contributed by atoms with Gasteiger partial charge in [0.05, 0.1) is 12.7 Å². The van der Waals surface area contributed by atoms with Gasteiger partial charge in [-0.15, -0.1) is 0 Å². The van der Waals surface area contributed by atoms with Crippen LogP contribution in [-0.4, -0.2) is 25.4 Å². The molecular weight excluding hydrogens is 351 g/mol. The van der Waals surface area contributed by atoms with Crippen LogP contribution in [0.4, 0.5) is 18.9 Å². The first-order valence-electron chi connectivity index (χ1n) is 7.52. The van der Waals surface area contributed by atoms with E-state index in [0.717, 1.165) is 24.3 Å². The highest BCUT2D eigenvalue weighted by molar-refractivity contribution is 5.94. The fraction of sp³-hybridized carbons (Fsp3) is 0.222. The smallest absolute Gasteiger partial charge is 0.416 e. The predicted octanol–water partition coefficient (Wildman–Crippen LogP) is 3.93. The monoisotopic (exact) mass is 367 g/mol. The highest BCUT2D eigenvalue weighted by Gasteiger charge is 2.30. The number of ether oxygens (including phenoxy) is 2. The van der Waals surface area contributed by atoms with Crippen molar-refractivity contribution in [2.45, 2.75) is 19.2 Å². The predicted molar refractivity (Wildman–Crippen MR) is 88.5 cm³/mol. The van der Waals surface area contributed by atoms with Crippen LogP contribution in [0.25, 0.3) is 0 Å². The van der Waals surface area contributed by atoms with Gasteiger partial charge in [-0.3, -0.25) is 9.59 Å². The number of nitrogens with one attached hydrogen (secondary N) is 1. The van der Waals surface area contributed by atoms with Crippen LogP contribution in [0, 0.1) is 0 Å². The van der Waals surface area contributed by atoms with Crippen molar-refractivity contribution in [3.63, 3.8) is 0 Å². The summed E-state index contributed by atoms with van der Waals surface area (Å²) in [6, 6.07) is 8.54. The first kappa shape index (κ1) is 19.3. The zero-order valence-corrected chi connectivity index (χ0v) is 14.0. The average molecular weight is 367 g/mol. The number of carbonyl (C=O) groups is 2. The van der Waals surface area contributed by atoms with Crippen molar-refractivity contribution >= 4 is 17.9 Å². The number of rotatable bonds is 6. The molecule has 0 aliphatic heterocycles. The summed E-state index contributed by atoms with van der Waals surface area (Å²) < 4.78 is 48.3. The zero-order chi connectivity index (χ0) is 19.3. The van der Waals surface area contributed by atoms with Gasteiger partial charge in [-0.05, 0) is 49.4 Å². The molecule has 1 atom stereocenters. The Kier molecular flexibility index (Phi) is 5.86. The molecule has 1 amide bonds. The van der Waals surface area contributed by atoms with E-state index in [9.17, 15) is 22.8 Å². The van der Waals surface area contributed by atoms with Crippen molar-refractivity contribution < 1.29 is 32.2 Å². The molecule has 0 fully saturated rings. The van der Waals surface area contributed by atoms with Crippen molar-refractivity contribution in [3.8, 4) is 11.5 Å². The SMILES string of the molecule is COc1ccc(C=O)cc1O[C@@H](C)C(=O)Nc1ccc(C(F)(F)F)cc1. The molecule has 0 aliphatic rings. The molecule has 0 aliphatic carbocycles. The Hall–Kier alpha value is -3.03. The van der Waals surface area contributed by atoms with Crippen LogP contribution in [0.2, 0.25) is 0 Å². The Bertz CT molecular complexity index is 788. The Balaban J connectivity index is 2.07. The largest absolute Gasteiger partial charge is 0.493 e. The number of halogens is 3. The molecule has 0 saturated heterocycles. The third kappa shape index (κ3) is 4.75. The summed E-state index contributed by atoms with van der Waals surface area (Å²) in [5.41, 5.74) is -0.265. The van der Waals surface area contributed by atoms with Crippen molar-refractivity contribution in [1.82, 2.24) is 0 Å². The van der Waals surface area contributed by atoms with Gasteiger partial charge in [-0.2, -0.15) is 13.2 Å². The standard InChI is InChI=1S/C18H16F3NO4/c1-11(26-16-9-12(10-23)3-8-15(16)25-2)17(24)22-14-6-4-13(5-7-14)18(19,20)21/h3-11H,1-2H3,(H,22,24)/t11-/m0/s1. The Morgan fingerprint density at radius 2 is 1.77 bits per heavy atom. The van der Waals surface area contributed by atoms with E-state index in [0.29, 0.717) is 17.6 Å². The molecule has 0 spiro atoms. The number of hydrogen-bond acceptors (Lipinski definition) is 4. The van der Waals surface area contributed by atoms with Crippen molar-refractivity contribution in [2.75, 3.05) is 12.4 Å². The molecule has 8 heteroatoms. The highest BCUT2D eigenvalue weighted by Crippen LogP contribution is 2.30. The molecule has 0 unspecified atom stereocenters. The summed E-state index contributed by atoms with van der Waals surface area (Å²) in [7, 11) is 1.41. The fourth-order valence-corrected chi connectivity index (χ4v) is 2.09. The van der Waals surface area contributed by atoms with Gasteiger partial charge in [0, 0.05) is 11.3 Å². The van der Waals surface area contributed by atoms with Gasteiger partial charge in [-0.25, -0.2) is 0 Å². The maximum atomic E-state index is 12.5. The number of methoxy groups -OCH3 is 1. The second kappa shape index (κ2) is 7.90. The maximum absolute atomic E-state index is 12.5. The number of aldehydes is 1. The van der Waals surface area contributed by atoms with Gasteiger partial charge in [0.25, 0.3) is 5.91 Å². The molecule has 2 aromatic rings. The van der Waals surface area contributed by atoms with Gasteiger partial charge >= 0.3 is 6.18 Å². The summed E-state index contributed by atoms with van der Waals surface area (Å²) in [4.78, 5) is 23.0. The van der Waals surface area contributed by atoms with Crippen molar-refractivity contribution in [3.05, 3.63) is 53.6 Å². The molecule has 0 radical (unpaired) electrons. The van der Waals surface area contributed by atoms with Gasteiger partial charge in [-0.1, -0.05) is 0 Å². The fourth-order valence-electron chi connectivity index (χ4n) is 2.09. The highest BCUT2D eigenvalue weighted by atomic mass is 19.4. The lowest BCUT2D eigenvalue weighted by Crippen LogP contribution is -2.30. The third-order valence-electron chi connectivity index (χ3n) is 3.48. The first-order valence-corrected chi connectivity index (χ1v) is 7.52. The molecule has 0 heterocycles. The van der Waals surface area contributed by atoms with E-state index in [1.54, 1.807) is 0 Å². The maximum Gasteiger partial charge on any atom is 0.416 e. The number of alkyl halides is 3. The molecule has 2 rings (SSSR count). The molecule has 0 saturated carbocycles. The topological polar surface area (TPSA) is 64.6 Å². The summed E-state index contributed by atoms with van der Waals surface area (Å²) >= 11 is 0. The minimum absolute atomic E-state index is 0.201. The van der Waals surface area contributed by atoms with Crippen LogP contribution in [0.1, 0.15) is 22.8 Å². The van der Waals surface area contributed by atoms with E-state index in [-0.39, 0.29) is 11.4 Å². The summed E-state index contributed by atoms with van der Waals surface area (Å²) in [5, 5.41) is 2.47. The molecule has 0 bridgehead atoms. The number of benzene rings is 2. The number of anilines is 1. The second-order valence-electron chi connectivity index (χ2n) is 5.35. The zero-order valence-electron chi connectivity index (χ0n) is 14.0. The molecule has 2 aromatic carbocycles. The number of hydrogen-bond donors (Lipinski definition) is 1. The summed E-state index contributed by atoms with van der Waals surface area (Å²) in [6.45, 7) is 1.46. The van der Waals surface area contributed by atoms with E-state index in [1.165, 1.54) is 32.2 Å². The lowest BCUT2D eigenvalue weighted by atomic mass is 10.2. The van der Waals surface area contributed by atoms with Crippen LogP contribution in [-0.2, 0) is 11.0 Å². The van der Waals surface area contributed by atoms with Crippen molar-refractivity contribution in [1.29, 1.82) is 0 Å². The minimum Gasteiger partial charge on any atom is -0.493 e. The molecule has 1 N–H and O–H groups in total. The van der Waals surface area contributed by atoms with Crippen molar-refractivity contribution in [2.24, 2.45) is 0 Å². The second-order valence-corrected chi connectivity index (χ2v) is 5.35. The van der Waals surface area contributed by atoms with Crippen LogP contribution in [0.3, 0.4) is 0 Å². The van der Waals surface area contributed by atoms with E-state index in [4.69, 9.17) is 9.47 Å². The van der Waals surface area contributed by atoms with Crippen LogP contribution in [0.5, 0.6) is 11.5 Å². The average Bonchev–Trinajstić information content (AvgIpc) is 2.61. The van der Waals surface area contributed by atoms with Gasteiger partial charge in [0.1, 0.15) is 6.29 Å². The Labute approximate surface area is 147 Å². The Morgan fingerprint density at radius 1 is 1.12 bits per heavy atom. The molecule has 0 aromatic heterocycles. The normalized spacial score (nSPS) is 12.2. The van der Waals surface area contributed by atoms with Crippen LogP contribution < -0.4 is 14.8 Å². The molecule has 5 nitrogen and oxygen atoms in total. The van der Waals surface area contributed by atoms with E-state index >= 15 is 0 Å².